The molecule has 6 N–H and O–H groups in total. The number of ether oxygens (including phenoxy) is 2. The summed E-state index contributed by atoms with van der Waals surface area (Å²) in [5.74, 6) is -0.201. The molecule has 0 aromatic carbocycles. The van der Waals surface area contributed by atoms with Crippen molar-refractivity contribution in [3.63, 3.8) is 0 Å². The van der Waals surface area contributed by atoms with Gasteiger partial charge >= 0.3 is 0 Å². The van der Waals surface area contributed by atoms with E-state index >= 15 is 0 Å². The number of aliphatic hydroxyl groups is 5. The van der Waals surface area contributed by atoms with E-state index < -0.39 is 49.5 Å². The normalized spacial score (nSPS) is 19.7. The van der Waals surface area contributed by atoms with Crippen molar-refractivity contribution in [1.29, 1.82) is 0 Å². The van der Waals surface area contributed by atoms with Crippen molar-refractivity contribution >= 4 is 5.91 Å². The van der Waals surface area contributed by atoms with Crippen LogP contribution in [0.25, 0.3) is 0 Å². The first-order valence-corrected chi connectivity index (χ1v) is 31.1. The van der Waals surface area contributed by atoms with E-state index in [0.717, 1.165) is 116 Å². The maximum absolute atomic E-state index is 13.1. The summed E-state index contributed by atoms with van der Waals surface area (Å²) in [6.07, 6.45) is 80.6. The third-order valence-corrected chi connectivity index (χ3v) is 13.6. The Balaban J connectivity index is 2.19. The molecule has 1 aliphatic rings. The largest absolute Gasteiger partial charge is 0.394 e. The van der Waals surface area contributed by atoms with Gasteiger partial charge in [0.2, 0.25) is 5.91 Å². The van der Waals surface area contributed by atoms with Crippen LogP contribution in [0.1, 0.15) is 226 Å². The Bertz CT molecular complexity index is 1730. The molecular formula is C69H113NO8. The summed E-state index contributed by atoms with van der Waals surface area (Å²) in [6, 6.07) is -0.837. The minimum Gasteiger partial charge on any atom is -0.394 e. The first-order chi connectivity index (χ1) is 38.3. The summed E-state index contributed by atoms with van der Waals surface area (Å²) in [6.45, 7) is 3.63. The second-order valence-corrected chi connectivity index (χ2v) is 20.8. The highest BCUT2D eigenvalue weighted by atomic mass is 16.7. The van der Waals surface area contributed by atoms with Crippen LogP contribution >= 0.6 is 0 Å². The molecule has 9 nitrogen and oxygen atoms in total. The zero-order chi connectivity index (χ0) is 56.5. The molecule has 7 atom stereocenters. The van der Waals surface area contributed by atoms with Crippen LogP contribution in [0.3, 0.4) is 0 Å². The molecule has 0 saturated carbocycles. The van der Waals surface area contributed by atoms with Crippen LogP contribution in [-0.4, -0.2) is 87.5 Å². The van der Waals surface area contributed by atoms with E-state index in [1.165, 1.54) is 89.9 Å². The van der Waals surface area contributed by atoms with E-state index in [1.807, 2.05) is 6.08 Å². The van der Waals surface area contributed by atoms with Gasteiger partial charge in [-0.05, 0) is 109 Å². The minimum atomic E-state index is -1.58. The summed E-state index contributed by atoms with van der Waals surface area (Å²) in [5, 5.41) is 54.5. The first-order valence-electron chi connectivity index (χ1n) is 31.1. The highest BCUT2D eigenvalue weighted by Gasteiger charge is 2.44. The predicted octanol–water partition coefficient (Wildman–Crippen LogP) is 16.2. The molecule has 0 aromatic heterocycles. The van der Waals surface area contributed by atoms with Crippen LogP contribution < -0.4 is 5.32 Å². The number of hydrogen-bond acceptors (Lipinski definition) is 8. The summed E-state index contributed by atoms with van der Waals surface area (Å²) >= 11 is 0. The Morgan fingerprint density at radius 2 is 0.808 bits per heavy atom. The van der Waals surface area contributed by atoms with Gasteiger partial charge < -0.3 is 40.3 Å². The number of rotatable bonds is 51. The number of amides is 1. The van der Waals surface area contributed by atoms with E-state index in [-0.39, 0.29) is 12.5 Å². The number of nitrogens with one attached hydrogen (secondary N) is 1. The molecule has 78 heavy (non-hydrogen) atoms. The van der Waals surface area contributed by atoms with E-state index in [1.54, 1.807) is 6.08 Å². The molecule has 7 unspecified atom stereocenters. The number of hydrogen-bond donors (Lipinski definition) is 6. The van der Waals surface area contributed by atoms with E-state index in [9.17, 15) is 30.3 Å². The number of carbonyl (C=O) groups excluding carboxylic acids is 1. The van der Waals surface area contributed by atoms with Gasteiger partial charge in [-0.2, -0.15) is 0 Å². The standard InChI is InChI=1S/C69H113NO8/c1-3-5-7-9-11-13-15-17-19-21-22-23-24-25-26-27-28-29-30-31-32-33-34-35-36-37-38-39-40-41-42-43-45-47-49-51-53-55-57-59-65(73)70-62(61-77-69-68(76)67(75)66(74)64(60-71)78-69)63(72)58-56-54-52-50-48-46-44-20-18-16-14-12-10-8-6-4-2/h5,7,11,13,17,19,22-23,25-26,28-29,31-32,34-35,37-38,40-41,48,50,56,58,62-64,66-69,71-72,74-76H,3-4,6,8-10,12,14-16,18,20-21,24,27,30,33,36,39,42-47,49,51-55,57,59-61H2,1-2H3,(H,70,73)/b7-5-,13-11-,19-17-,23-22-,26-25-,29-28-,32-31-,35-34-,38-37-,41-40-,50-48+,58-56+. The van der Waals surface area contributed by atoms with Gasteiger partial charge in [-0.15, -0.1) is 0 Å². The third kappa shape index (κ3) is 44.9. The Hall–Kier alpha value is -3.93. The lowest BCUT2D eigenvalue weighted by Crippen LogP contribution is -2.60. The van der Waals surface area contributed by atoms with Crippen LogP contribution in [0.15, 0.2) is 146 Å². The van der Waals surface area contributed by atoms with E-state index in [2.05, 4.69) is 153 Å². The molecule has 0 radical (unpaired) electrons. The lowest BCUT2D eigenvalue weighted by atomic mass is 9.99. The average molecular weight is 1080 g/mol. The molecule has 0 spiro atoms. The zero-order valence-corrected chi connectivity index (χ0v) is 49.1. The molecule has 1 rings (SSSR count). The lowest BCUT2D eigenvalue weighted by Gasteiger charge is -2.40. The number of unbranched alkanes of at least 4 members (excludes halogenated alkanes) is 19. The smallest absolute Gasteiger partial charge is 0.220 e. The second-order valence-electron chi connectivity index (χ2n) is 20.8. The van der Waals surface area contributed by atoms with Crippen molar-refractivity contribution in [3.05, 3.63) is 146 Å². The third-order valence-electron chi connectivity index (χ3n) is 13.6. The lowest BCUT2D eigenvalue weighted by molar-refractivity contribution is -0.302. The summed E-state index contributed by atoms with van der Waals surface area (Å²) in [5.41, 5.74) is 0. The molecule has 1 saturated heterocycles. The molecular weight excluding hydrogens is 971 g/mol. The van der Waals surface area contributed by atoms with Gasteiger partial charge in [0.1, 0.15) is 24.4 Å². The zero-order valence-electron chi connectivity index (χ0n) is 49.1. The van der Waals surface area contributed by atoms with Gasteiger partial charge in [0.25, 0.3) is 0 Å². The van der Waals surface area contributed by atoms with E-state index in [4.69, 9.17) is 9.47 Å². The molecule has 1 heterocycles. The van der Waals surface area contributed by atoms with Crippen molar-refractivity contribution in [1.82, 2.24) is 5.32 Å². The highest BCUT2D eigenvalue weighted by Crippen LogP contribution is 2.23. The van der Waals surface area contributed by atoms with Crippen molar-refractivity contribution in [3.8, 4) is 0 Å². The minimum absolute atomic E-state index is 0.201. The number of carbonyl (C=O) groups is 1. The van der Waals surface area contributed by atoms with Crippen LogP contribution in [0.5, 0.6) is 0 Å². The van der Waals surface area contributed by atoms with Gasteiger partial charge in [0.05, 0.1) is 25.4 Å². The molecule has 0 aliphatic carbocycles. The Labute approximate surface area is 476 Å². The summed E-state index contributed by atoms with van der Waals surface area (Å²) in [7, 11) is 0. The SMILES string of the molecule is CC/C=C\C/C=C\C/C=C\C/C=C\C/C=C\C/C=C\C/C=C\C/C=C\C/C=C\C/C=C\CCCCCCCCCCC(=O)NC(COC1OC(CO)C(O)C(O)C1O)C(O)/C=C/CC/C=C/CCCCCCCCCCCC. The monoisotopic (exact) mass is 1080 g/mol. The maximum atomic E-state index is 13.1. The number of aliphatic hydroxyl groups excluding tert-OH is 5. The van der Waals surface area contributed by atoms with Crippen molar-refractivity contribution in [2.45, 2.75) is 269 Å². The summed E-state index contributed by atoms with van der Waals surface area (Å²) < 4.78 is 11.2. The maximum Gasteiger partial charge on any atom is 0.220 e. The van der Waals surface area contributed by atoms with Crippen LogP contribution in [0.4, 0.5) is 0 Å². The second kappa shape index (κ2) is 56.3. The van der Waals surface area contributed by atoms with Gasteiger partial charge in [-0.25, -0.2) is 0 Å². The first kappa shape index (κ1) is 72.1. The molecule has 0 bridgehead atoms. The highest BCUT2D eigenvalue weighted by molar-refractivity contribution is 5.76. The molecule has 1 amide bonds. The number of allylic oxidation sites excluding steroid dienone is 23. The molecule has 0 aromatic rings. The summed E-state index contributed by atoms with van der Waals surface area (Å²) in [4.78, 5) is 13.1. The predicted molar refractivity (Wildman–Crippen MR) is 331 cm³/mol. The van der Waals surface area contributed by atoms with Crippen molar-refractivity contribution < 1.29 is 39.8 Å². The fourth-order valence-corrected chi connectivity index (χ4v) is 8.79. The van der Waals surface area contributed by atoms with Crippen LogP contribution in [0.2, 0.25) is 0 Å². The Kier molecular flexibility index (Phi) is 52.1. The van der Waals surface area contributed by atoms with Crippen LogP contribution in [-0.2, 0) is 14.3 Å². The van der Waals surface area contributed by atoms with Crippen molar-refractivity contribution in [2.75, 3.05) is 13.2 Å². The molecule has 1 aliphatic heterocycles. The fraction of sp³-hybridized carbons (Fsp3) is 0.638. The van der Waals surface area contributed by atoms with Gasteiger partial charge in [-0.3, -0.25) is 4.79 Å². The Morgan fingerprint density at radius 1 is 0.449 bits per heavy atom. The van der Waals surface area contributed by atoms with Gasteiger partial charge in [-0.1, -0.05) is 256 Å². The van der Waals surface area contributed by atoms with Gasteiger partial charge in [0.15, 0.2) is 6.29 Å². The quantitative estimate of drug-likeness (QED) is 0.0261. The van der Waals surface area contributed by atoms with E-state index in [0.29, 0.717) is 6.42 Å². The topological polar surface area (TPSA) is 149 Å². The molecule has 1 fully saturated rings. The average Bonchev–Trinajstić information content (AvgIpc) is 3.45. The molecule has 9 heteroatoms. The van der Waals surface area contributed by atoms with Crippen LogP contribution in [0, 0.1) is 0 Å². The Morgan fingerprint density at radius 3 is 1.23 bits per heavy atom. The fourth-order valence-electron chi connectivity index (χ4n) is 8.79. The van der Waals surface area contributed by atoms with Gasteiger partial charge in [0, 0.05) is 6.42 Å². The van der Waals surface area contributed by atoms with Crippen molar-refractivity contribution in [2.24, 2.45) is 0 Å². The molecule has 442 valence electrons.